The highest BCUT2D eigenvalue weighted by Crippen LogP contribution is 2.38. The predicted molar refractivity (Wildman–Crippen MR) is 190 cm³/mol. The normalized spacial score (nSPS) is 12.8. The molecule has 5 aromatic rings. The van der Waals surface area contributed by atoms with E-state index >= 15 is 0 Å². The zero-order valence-electron chi connectivity index (χ0n) is 25.5. The summed E-state index contributed by atoms with van der Waals surface area (Å²) in [5.74, 6) is 0.0926. The summed E-state index contributed by atoms with van der Waals surface area (Å²) in [5.41, 5.74) is 3.05. The van der Waals surface area contributed by atoms with Gasteiger partial charge in [0.25, 0.3) is 11.8 Å². The average Bonchev–Trinajstić information content (AvgIpc) is 3.11. The molecule has 0 bridgehead atoms. The van der Waals surface area contributed by atoms with Gasteiger partial charge < -0.3 is 25.4 Å². The van der Waals surface area contributed by atoms with E-state index in [9.17, 15) is 14.4 Å². The lowest BCUT2D eigenvalue weighted by Gasteiger charge is -2.20. The topological polar surface area (TPSA) is 106 Å². The zero-order chi connectivity index (χ0) is 33.3. The lowest BCUT2D eigenvalue weighted by Crippen LogP contribution is -2.30. The predicted octanol–water partition coefficient (Wildman–Crippen LogP) is 7.99. The molecule has 0 aliphatic carbocycles. The van der Waals surface area contributed by atoms with Crippen LogP contribution in [0.1, 0.15) is 26.7 Å². The summed E-state index contributed by atoms with van der Waals surface area (Å²) in [7, 11) is 0. The first-order chi connectivity index (χ1) is 23.4. The highest BCUT2D eigenvalue weighted by atomic mass is 35.5. The lowest BCUT2D eigenvalue weighted by atomic mass is 10.1. The van der Waals surface area contributed by atoms with Crippen LogP contribution in [0.15, 0.2) is 138 Å². The van der Waals surface area contributed by atoms with E-state index in [1.165, 1.54) is 11.8 Å². The monoisotopic (exact) mass is 675 g/mol. The van der Waals surface area contributed by atoms with Crippen molar-refractivity contribution in [1.29, 1.82) is 0 Å². The number of hydrogen-bond donors (Lipinski definition) is 3. The number of benzene rings is 5. The number of nitrogens with one attached hydrogen (secondary N) is 3. The van der Waals surface area contributed by atoms with Crippen molar-refractivity contribution in [2.45, 2.75) is 10.1 Å². The van der Waals surface area contributed by atoms with E-state index in [4.69, 9.17) is 21.1 Å². The van der Waals surface area contributed by atoms with Crippen molar-refractivity contribution in [3.8, 4) is 11.5 Å². The molecule has 8 nitrogen and oxygen atoms in total. The summed E-state index contributed by atoms with van der Waals surface area (Å²) in [6.45, 7) is 0.935. The van der Waals surface area contributed by atoms with Gasteiger partial charge in [-0.2, -0.15) is 0 Å². The van der Waals surface area contributed by atoms with Crippen LogP contribution in [0.2, 0.25) is 5.02 Å². The van der Waals surface area contributed by atoms with Gasteiger partial charge in [-0.3, -0.25) is 14.4 Å². The SMILES string of the molecule is O=C(Nc1ccc(SC(C(=O)Nc2ccc3c(c2)OCCO3)c2ccccc2)cc1)/C(=C/c1cccc(Cl)c1)NC(=O)c1ccccc1. The molecular formula is C38H30ClN3O5S. The van der Waals surface area contributed by atoms with E-state index in [1.807, 2.05) is 48.5 Å². The number of halogens is 1. The lowest BCUT2D eigenvalue weighted by molar-refractivity contribution is -0.116. The third-order valence-corrected chi connectivity index (χ3v) is 8.71. The summed E-state index contributed by atoms with van der Waals surface area (Å²) in [6, 6.07) is 37.6. The van der Waals surface area contributed by atoms with Gasteiger partial charge in [0.1, 0.15) is 24.2 Å². The second kappa shape index (κ2) is 15.4. The Bertz CT molecular complexity index is 1950. The molecule has 0 spiro atoms. The molecule has 240 valence electrons. The fraction of sp³-hybridized carbons (Fsp3) is 0.0789. The van der Waals surface area contributed by atoms with Crippen LogP contribution in [0, 0.1) is 0 Å². The van der Waals surface area contributed by atoms with E-state index < -0.39 is 17.1 Å². The van der Waals surface area contributed by atoms with E-state index in [0.29, 0.717) is 52.2 Å². The molecule has 1 unspecified atom stereocenters. The molecule has 1 atom stereocenters. The van der Waals surface area contributed by atoms with E-state index in [1.54, 1.807) is 84.9 Å². The Morgan fingerprint density at radius 3 is 2.12 bits per heavy atom. The summed E-state index contributed by atoms with van der Waals surface area (Å²) in [5, 5.41) is 8.53. The number of ether oxygens (including phenoxy) is 2. The largest absolute Gasteiger partial charge is 0.486 e. The minimum Gasteiger partial charge on any atom is -0.486 e. The Morgan fingerprint density at radius 2 is 1.40 bits per heavy atom. The van der Waals surface area contributed by atoms with Gasteiger partial charge in [0.05, 0.1) is 0 Å². The molecule has 1 aliphatic heterocycles. The van der Waals surface area contributed by atoms with Gasteiger partial charge in [-0.15, -0.1) is 11.8 Å². The summed E-state index contributed by atoms with van der Waals surface area (Å²) in [6.07, 6.45) is 1.57. The molecule has 0 radical (unpaired) electrons. The minimum absolute atomic E-state index is 0.0459. The van der Waals surface area contributed by atoms with E-state index in [0.717, 1.165) is 10.5 Å². The molecule has 0 fully saturated rings. The zero-order valence-corrected chi connectivity index (χ0v) is 27.1. The Morgan fingerprint density at radius 1 is 0.708 bits per heavy atom. The first-order valence-electron chi connectivity index (χ1n) is 15.1. The maximum absolute atomic E-state index is 13.6. The summed E-state index contributed by atoms with van der Waals surface area (Å²) in [4.78, 5) is 40.9. The number of carbonyl (C=O) groups excluding carboxylic acids is 3. The molecule has 10 heteroatoms. The Hall–Kier alpha value is -5.51. The third-order valence-electron chi connectivity index (χ3n) is 7.20. The van der Waals surface area contributed by atoms with Crippen molar-refractivity contribution in [2.24, 2.45) is 0 Å². The smallest absolute Gasteiger partial charge is 0.272 e. The molecule has 1 heterocycles. The van der Waals surface area contributed by atoms with Gasteiger partial charge >= 0.3 is 0 Å². The van der Waals surface area contributed by atoms with Crippen molar-refractivity contribution in [2.75, 3.05) is 23.8 Å². The molecule has 5 aromatic carbocycles. The molecule has 3 amide bonds. The fourth-order valence-electron chi connectivity index (χ4n) is 4.89. The maximum Gasteiger partial charge on any atom is 0.272 e. The van der Waals surface area contributed by atoms with Gasteiger partial charge in [-0.25, -0.2) is 0 Å². The van der Waals surface area contributed by atoms with Gasteiger partial charge in [0.15, 0.2) is 11.5 Å². The van der Waals surface area contributed by atoms with Crippen LogP contribution in [0.25, 0.3) is 6.08 Å². The van der Waals surface area contributed by atoms with Crippen LogP contribution in [-0.4, -0.2) is 30.9 Å². The standard InChI is InChI=1S/C38H30ClN3O5S/c39-28-13-7-8-25(22-28)23-32(42-36(43)27-11-5-2-6-12-27)37(44)40-29-14-17-31(18-15-29)48-35(26-9-3-1-4-10-26)38(45)41-30-16-19-33-34(24-30)47-21-20-46-33/h1-19,22-24,35H,20-21H2,(H,40,44)(H,41,45)(H,42,43)/b32-23-. The van der Waals surface area contributed by atoms with Gasteiger partial charge in [0.2, 0.25) is 5.91 Å². The molecule has 1 aliphatic rings. The molecular weight excluding hydrogens is 646 g/mol. The van der Waals surface area contributed by atoms with Crippen molar-refractivity contribution < 1.29 is 23.9 Å². The van der Waals surface area contributed by atoms with Crippen LogP contribution < -0.4 is 25.4 Å². The highest BCUT2D eigenvalue weighted by molar-refractivity contribution is 8.00. The quantitative estimate of drug-likeness (QED) is 0.102. The molecule has 0 saturated heterocycles. The summed E-state index contributed by atoms with van der Waals surface area (Å²) >= 11 is 7.54. The number of thioether (sulfide) groups is 1. The number of hydrogen-bond acceptors (Lipinski definition) is 6. The van der Waals surface area contributed by atoms with Gasteiger partial charge in [-0.05, 0) is 77.9 Å². The van der Waals surface area contributed by atoms with Gasteiger partial charge in [-0.1, -0.05) is 72.3 Å². The molecule has 0 saturated carbocycles. The van der Waals surface area contributed by atoms with Crippen molar-refractivity contribution in [3.63, 3.8) is 0 Å². The average molecular weight is 676 g/mol. The minimum atomic E-state index is -0.569. The number of fused-ring (bicyclic) bond motifs is 1. The third kappa shape index (κ3) is 8.44. The number of amides is 3. The Balaban J connectivity index is 1.17. The molecule has 3 N–H and O–H groups in total. The van der Waals surface area contributed by atoms with Crippen LogP contribution in [0.4, 0.5) is 11.4 Å². The second-order valence-corrected chi connectivity index (χ2v) is 12.3. The summed E-state index contributed by atoms with van der Waals surface area (Å²) < 4.78 is 11.3. The van der Waals surface area contributed by atoms with Crippen molar-refractivity contribution >= 4 is 58.5 Å². The number of carbonyl (C=O) groups is 3. The van der Waals surface area contributed by atoms with Gasteiger partial charge in [0, 0.05) is 32.9 Å². The van der Waals surface area contributed by atoms with Crippen LogP contribution in [0.5, 0.6) is 11.5 Å². The Kier molecular flexibility index (Phi) is 10.4. The fourth-order valence-corrected chi connectivity index (χ4v) is 6.11. The van der Waals surface area contributed by atoms with E-state index in [-0.39, 0.29) is 11.6 Å². The number of rotatable bonds is 10. The first-order valence-corrected chi connectivity index (χ1v) is 16.3. The second-order valence-electron chi connectivity index (χ2n) is 10.7. The van der Waals surface area contributed by atoms with Crippen molar-refractivity contribution in [1.82, 2.24) is 5.32 Å². The van der Waals surface area contributed by atoms with Crippen LogP contribution in [0.3, 0.4) is 0 Å². The maximum atomic E-state index is 13.6. The molecule has 0 aromatic heterocycles. The first kappa shape index (κ1) is 32.4. The van der Waals surface area contributed by atoms with Crippen molar-refractivity contribution in [3.05, 3.63) is 155 Å². The Labute approximate surface area is 287 Å². The molecule has 6 rings (SSSR count). The van der Waals surface area contributed by atoms with E-state index in [2.05, 4.69) is 16.0 Å². The highest BCUT2D eigenvalue weighted by Gasteiger charge is 2.23. The van der Waals surface area contributed by atoms with Crippen LogP contribution >= 0.6 is 23.4 Å². The number of anilines is 2. The molecule has 48 heavy (non-hydrogen) atoms. The van der Waals surface area contributed by atoms with Crippen LogP contribution in [-0.2, 0) is 9.59 Å².